The Kier molecular flexibility index (Phi) is 4.23. The molecule has 1 aromatic carbocycles. The van der Waals surface area contributed by atoms with Crippen LogP contribution in [0.25, 0.3) is 11.5 Å². The Hall–Kier alpha value is -2.67. The van der Waals surface area contributed by atoms with E-state index >= 15 is 0 Å². The van der Waals surface area contributed by atoms with Crippen LogP contribution in [0, 0.1) is 0 Å². The molecule has 1 fully saturated rings. The van der Waals surface area contributed by atoms with Crippen molar-refractivity contribution in [2.45, 2.75) is 31.9 Å². The molecule has 2 aromatic heterocycles. The van der Waals surface area contributed by atoms with E-state index in [0.29, 0.717) is 18.3 Å². The molecule has 2 heterocycles. The van der Waals surface area contributed by atoms with Crippen molar-refractivity contribution in [1.82, 2.24) is 25.0 Å². The molecule has 0 bridgehead atoms. The maximum Gasteiger partial charge on any atom is 0.199 e. The van der Waals surface area contributed by atoms with E-state index in [2.05, 4.69) is 16.3 Å². The van der Waals surface area contributed by atoms with Crippen LogP contribution in [0.5, 0.6) is 5.75 Å². The second kappa shape index (κ2) is 6.68. The Balaban J connectivity index is 1.65. The first-order chi connectivity index (χ1) is 12.3. The summed E-state index contributed by atoms with van der Waals surface area (Å²) in [6.45, 7) is 3.38. The van der Waals surface area contributed by atoms with Crippen LogP contribution in [-0.2, 0) is 11.3 Å². The lowest BCUT2D eigenvalue weighted by Gasteiger charge is -2.07. The topological polar surface area (TPSA) is 77.9 Å². The molecule has 0 aliphatic heterocycles. The lowest BCUT2D eigenvalue weighted by molar-refractivity contribution is 0.127. The van der Waals surface area contributed by atoms with E-state index in [9.17, 15) is 0 Å². The van der Waals surface area contributed by atoms with E-state index in [1.807, 2.05) is 35.9 Å². The van der Waals surface area contributed by atoms with Crippen molar-refractivity contribution in [1.29, 1.82) is 0 Å². The molecule has 2 unspecified atom stereocenters. The number of rotatable bonds is 7. The summed E-state index contributed by atoms with van der Waals surface area (Å²) in [7, 11) is 1.67. The average Bonchev–Trinajstić information content (AvgIpc) is 3.02. The van der Waals surface area contributed by atoms with Gasteiger partial charge in [0.15, 0.2) is 5.82 Å². The first kappa shape index (κ1) is 15.8. The normalized spacial score (nSPS) is 19.1. The van der Waals surface area contributed by atoms with Gasteiger partial charge in [-0.05, 0) is 37.1 Å². The number of aromatic amines is 1. The van der Waals surface area contributed by atoms with Gasteiger partial charge in [-0.15, -0.1) is 5.10 Å². The van der Waals surface area contributed by atoms with Gasteiger partial charge < -0.3 is 9.47 Å². The highest BCUT2D eigenvalue weighted by atomic mass is 16.5. The molecular weight excluding hydrogens is 318 g/mol. The number of H-pyrrole nitrogens is 1. The number of benzene rings is 1. The highest BCUT2D eigenvalue weighted by Gasteiger charge is 2.43. The zero-order valence-corrected chi connectivity index (χ0v) is 14.3. The Morgan fingerprint density at radius 2 is 2.24 bits per heavy atom. The third-order valence-corrected chi connectivity index (χ3v) is 4.35. The Bertz CT molecular complexity index is 843. The number of nitrogens with one attached hydrogen (secondary N) is 1. The summed E-state index contributed by atoms with van der Waals surface area (Å²) in [5.74, 6) is 2.77. The molecule has 0 spiro atoms. The number of ether oxygens (including phenoxy) is 2. The van der Waals surface area contributed by atoms with E-state index in [0.717, 1.165) is 35.9 Å². The molecule has 3 aromatic rings. The van der Waals surface area contributed by atoms with Crippen LogP contribution in [0.2, 0.25) is 0 Å². The minimum atomic E-state index is 0.243. The van der Waals surface area contributed by atoms with Crippen molar-refractivity contribution in [3.63, 3.8) is 0 Å². The van der Waals surface area contributed by atoms with Crippen molar-refractivity contribution >= 4 is 0 Å². The van der Waals surface area contributed by atoms with Crippen LogP contribution in [0.15, 0.2) is 36.5 Å². The highest BCUT2D eigenvalue weighted by Crippen LogP contribution is 2.43. The fourth-order valence-corrected chi connectivity index (χ4v) is 3.02. The first-order valence-corrected chi connectivity index (χ1v) is 8.47. The van der Waals surface area contributed by atoms with Gasteiger partial charge in [-0.3, -0.25) is 5.10 Å². The largest absolute Gasteiger partial charge is 0.497 e. The molecule has 25 heavy (non-hydrogen) atoms. The quantitative estimate of drug-likeness (QED) is 0.716. The number of hydrogen-bond acceptors (Lipinski definition) is 5. The molecule has 4 rings (SSSR count). The molecular formula is C18H21N5O2. The summed E-state index contributed by atoms with van der Waals surface area (Å²) in [5.41, 5.74) is 1.94. The monoisotopic (exact) mass is 339 g/mol. The van der Waals surface area contributed by atoms with Gasteiger partial charge in [0, 0.05) is 18.7 Å². The maximum absolute atomic E-state index is 5.74. The van der Waals surface area contributed by atoms with Gasteiger partial charge in [0.05, 0.1) is 19.8 Å². The van der Waals surface area contributed by atoms with E-state index in [1.165, 1.54) is 0 Å². The van der Waals surface area contributed by atoms with Gasteiger partial charge in [0.2, 0.25) is 0 Å². The standard InChI is InChI=1S/C18H21N5O2/c1-3-25-16-10-14(16)18-20-17(15-7-8-19-21-15)22-23(18)11-12-5-4-6-13(9-12)24-2/h4-9,14,16H,3,10-11H2,1-2H3,(H,19,21). The molecule has 7 heteroatoms. The van der Waals surface area contributed by atoms with E-state index in [4.69, 9.17) is 19.6 Å². The molecule has 1 aliphatic rings. The summed E-state index contributed by atoms with van der Waals surface area (Å²) < 4.78 is 13.0. The van der Waals surface area contributed by atoms with E-state index < -0.39 is 0 Å². The van der Waals surface area contributed by atoms with Gasteiger partial charge in [0.25, 0.3) is 0 Å². The molecule has 130 valence electrons. The second-order valence-corrected chi connectivity index (χ2v) is 6.11. The Morgan fingerprint density at radius 1 is 1.32 bits per heavy atom. The average molecular weight is 339 g/mol. The smallest absolute Gasteiger partial charge is 0.199 e. The SMILES string of the molecule is CCOC1CC1c1nc(-c2ccn[nH]2)nn1Cc1cccc(OC)c1. The predicted molar refractivity (Wildman–Crippen MR) is 92.5 cm³/mol. The predicted octanol–water partition coefficient (Wildman–Crippen LogP) is 2.62. The first-order valence-electron chi connectivity index (χ1n) is 8.47. The fraction of sp³-hybridized carbons (Fsp3) is 0.389. The van der Waals surface area contributed by atoms with Gasteiger partial charge in [-0.1, -0.05) is 12.1 Å². The lowest BCUT2D eigenvalue weighted by Crippen LogP contribution is -2.08. The molecule has 0 radical (unpaired) electrons. The van der Waals surface area contributed by atoms with Crippen LogP contribution in [0.3, 0.4) is 0 Å². The second-order valence-electron chi connectivity index (χ2n) is 6.11. The van der Waals surface area contributed by atoms with E-state index in [1.54, 1.807) is 13.3 Å². The Labute approximate surface area is 146 Å². The van der Waals surface area contributed by atoms with Crippen LogP contribution in [0.1, 0.15) is 30.7 Å². The van der Waals surface area contributed by atoms with Gasteiger partial charge in [-0.2, -0.15) is 5.10 Å². The van der Waals surface area contributed by atoms with Crippen molar-refractivity contribution in [3.8, 4) is 17.3 Å². The Morgan fingerprint density at radius 3 is 3.00 bits per heavy atom. The zero-order chi connectivity index (χ0) is 17.2. The molecule has 0 amide bonds. The molecule has 2 atom stereocenters. The summed E-state index contributed by atoms with van der Waals surface area (Å²) in [4.78, 5) is 4.76. The van der Waals surface area contributed by atoms with Crippen molar-refractivity contribution in [2.75, 3.05) is 13.7 Å². The molecule has 1 aliphatic carbocycles. The van der Waals surface area contributed by atoms with Crippen LogP contribution < -0.4 is 4.74 Å². The summed E-state index contributed by atoms with van der Waals surface area (Å²) in [6.07, 6.45) is 2.94. The highest BCUT2D eigenvalue weighted by molar-refractivity contribution is 5.47. The van der Waals surface area contributed by atoms with Crippen molar-refractivity contribution < 1.29 is 9.47 Å². The minimum absolute atomic E-state index is 0.243. The van der Waals surface area contributed by atoms with Gasteiger partial charge >= 0.3 is 0 Å². The molecule has 0 saturated heterocycles. The summed E-state index contributed by atoms with van der Waals surface area (Å²) >= 11 is 0. The minimum Gasteiger partial charge on any atom is -0.497 e. The molecule has 7 nitrogen and oxygen atoms in total. The summed E-state index contributed by atoms with van der Waals surface area (Å²) in [6, 6.07) is 9.89. The number of nitrogens with zero attached hydrogens (tertiary/aromatic N) is 4. The van der Waals surface area contributed by atoms with Gasteiger partial charge in [0.1, 0.15) is 17.3 Å². The number of hydrogen-bond donors (Lipinski definition) is 1. The van der Waals surface area contributed by atoms with Gasteiger partial charge in [-0.25, -0.2) is 9.67 Å². The third-order valence-electron chi connectivity index (χ3n) is 4.35. The third kappa shape index (κ3) is 3.28. The maximum atomic E-state index is 5.74. The summed E-state index contributed by atoms with van der Waals surface area (Å²) in [5, 5.41) is 11.6. The fourth-order valence-electron chi connectivity index (χ4n) is 3.02. The number of aromatic nitrogens is 5. The van der Waals surface area contributed by atoms with Crippen LogP contribution >= 0.6 is 0 Å². The zero-order valence-electron chi connectivity index (χ0n) is 14.3. The van der Waals surface area contributed by atoms with Crippen molar-refractivity contribution in [2.24, 2.45) is 0 Å². The lowest BCUT2D eigenvalue weighted by atomic mass is 10.2. The molecule has 1 saturated carbocycles. The van der Waals surface area contributed by atoms with E-state index in [-0.39, 0.29) is 6.10 Å². The van der Waals surface area contributed by atoms with Crippen molar-refractivity contribution in [3.05, 3.63) is 47.9 Å². The number of methoxy groups -OCH3 is 1. The molecule has 1 N–H and O–H groups in total. The van der Waals surface area contributed by atoms with Crippen LogP contribution in [-0.4, -0.2) is 44.8 Å². The van der Waals surface area contributed by atoms with Crippen LogP contribution in [0.4, 0.5) is 0 Å².